The van der Waals surface area contributed by atoms with Gasteiger partial charge in [0.15, 0.2) is 0 Å². The van der Waals surface area contributed by atoms with E-state index in [1.165, 1.54) is 12.1 Å². The summed E-state index contributed by atoms with van der Waals surface area (Å²) in [6, 6.07) is 5.91. The Labute approximate surface area is 110 Å². The van der Waals surface area contributed by atoms with Gasteiger partial charge in [0.2, 0.25) is 0 Å². The maximum atomic E-state index is 10.9. The lowest BCUT2D eigenvalue weighted by Crippen LogP contribution is -2.09. The zero-order chi connectivity index (χ0) is 14.5. The van der Waals surface area contributed by atoms with Crippen molar-refractivity contribution < 1.29 is 13.3 Å². The van der Waals surface area contributed by atoms with Gasteiger partial charge in [-0.15, -0.1) is 0 Å². The maximum absolute atomic E-state index is 10.9. The number of hydrogen-bond donors (Lipinski definition) is 1. The van der Waals surface area contributed by atoms with Crippen LogP contribution in [0, 0.1) is 21.4 Å². The minimum absolute atomic E-state index is 0.00770. The van der Waals surface area contributed by atoms with Gasteiger partial charge in [-0.05, 0) is 18.6 Å². The van der Waals surface area contributed by atoms with Gasteiger partial charge < -0.3 is 5.32 Å². The number of benzene rings is 1. The van der Waals surface area contributed by atoms with Gasteiger partial charge in [-0.25, -0.2) is 8.42 Å². The summed E-state index contributed by atoms with van der Waals surface area (Å²) >= 11 is 0. The minimum atomic E-state index is -3.00. The molecule has 0 atom stereocenters. The molecule has 0 aliphatic heterocycles. The predicted molar refractivity (Wildman–Crippen MR) is 70.6 cm³/mol. The number of nitro groups is 1. The molecule has 1 rings (SSSR count). The third-order valence-corrected chi connectivity index (χ3v) is 3.37. The van der Waals surface area contributed by atoms with Gasteiger partial charge >= 0.3 is 0 Å². The van der Waals surface area contributed by atoms with Crippen molar-refractivity contribution in [2.45, 2.75) is 6.42 Å². The Morgan fingerprint density at radius 2 is 2.16 bits per heavy atom. The fourth-order valence-corrected chi connectivity index (χ4v) is 2.12. The Hall–Kier alpha value is -2.14. The first-order chi connectivity index (χ1) is 8.83. The average molecular weight is 283 g/mol. The summed E-state index contributed by atoms with van der Waals surface area (Å²) in [6.07, 6.45) is 1.56. The molecule has 0 fully saturated rings. The molecular weight excluding hydrogens is 270 g/mol. The Bertz CT molecular complexity index is 619. The van der Waals surface area contributed by atoms with Crippen molar-refractivity contribution in [1.29, 1.82) is 5.26 Å². The standard InChI is InChI=1S/C11H13N3O4S/c1-19(17,18)6-2-5-13-10-4-3-9(8-12)11(7-10)14(15)16/h3-4,7,13H,2,5-6H2,1H3. The number of hydrogen-bond acceptors (Lipinski definition) is 6. The molecule has 0 bridgehead atoms. The van der Waals surface area contributed by atoms with Crippen molar-refractivity contribution in [2.24, 2.45) is 0 Å². The third-order valence-electron chi connectivity index (χ3n) is 2.34. The lowest BCUT2D eigenvalue weighted by atomic mass is 10.2. The van der Waals surface area contributed by atoms with E-state index < -0.39 is 14.8 Å². The van der Waals surface area contributed by atoms with Gasteiger partial charge in [-0.2, -0.15) is 5.26 Å². The molecular formula is C11H13N3O4S. The SMILES string of the molecule is CS(=O)(=O)CCCNc1ccc(C#N)c([N+](=O)[O-])c1. The first-order valence-corrected chi connectivity index (χ1v) is 7.49. The molecule has 0 heterocycles. The van der Waals surface area contributed by atoms with E-state index in [1.54, 1.807) is 12.1 Å². The van der Waals surface area contributed by atoms with E-state index in [2.05, 4.69) is 5.32 Å². The van der Waals surface area contributed by atoms with Gasteiger partial charge in [-0.3, -0.25) is 10.1 Å². The van der Waals surface area contributed by atoms with E-state index in [0.717, 1.165) is 6.26 Å². The molecule has 0 unspecified atom stereocenters. The van der Waals surface area contributed by atoms with Gasteiger partial charge in [0.1, 0.15) is 21.5 Å². The van der Waals surface area contributed by atoms with Crippen LogP contribution in [-0.4, -0.2) is 31.9 Å². The molecule has 19 heavy (non-hydrogen) atoms. The summed E-state index contributed by atoms with van der Waals surface area (Å²) in [6.45, 7) is 0.385. The highest BCUT2D eigenvalue weighted by Crippen LogP contribution is 2.22. The van der Waals surface area contributed by atoms with E-state index in [9.17, 15) is 18.5 Å². The van der Waals surface area contributed by atoms with Crippen LogP contribution in [0.1, 0.15) is 12.0 Å². The number of rotatable bonds is 6. The fraction of sp³-hybridized carbons (Fsp3) is 0.364. The monoisotopic (exact) mass is 283 g/mol. The van der Waals surface area contributed by atoms with Crippen LogP contribution in [-0.2, 0) is 9.84 Å². The smallest absolute Gasteiger partial charge is 0.289 e. The van der Waals surface area contributed by atoms with Gasteiger partial charge in [0, 0.05) is 24.6 Å². The minimum Gasteiger partial charge on any atom is -0.385 e. The lowest BCUT2D eigenvalue weighted by Gasteiger charge is -2.06. The molecule has 8 heteroatoms. The second-order valence-corrected chi connectivity index (χ2v) is 6.27. The Balaban J connectivity index is 2.68. The predicted octanol–water partition coefficient (Wildman–Crippen LogP) is 1.31. The molecule has 1 aromatic rings. The molecule has 0 saturated heterocycles. The van der Waals surface area contributed by atoms with Crippen LogP contribution >= 0.6 is 0 Å². The molecule has 1 aromatic carbocycles. The van der Waals surface area contributed by atoms with Crippen LogP contribution in [0.5, 0.6) is 0 Å². The summed E-state index contributed by atoms with van der Waals surface area (Å²) in [7, 11) is -3.00. The zero-order valence-corrected chi connectivity index (χ0v) is 11.1. The summed E-state index contributed by atoms with van der Waals surface area (Å²) in [4.78, 5) is 10.1. The Morgan fingerprint density at radius 1 is 1.47 bits per heavy atom. The largest absolute Gasteiger partial charge is 0.385 e. The lowest BCUT2D eigenvalue weighted by molar-refractivity contribution is -0.385. The Morgan fingerprint density at radius 3 is 2.68 bits per heavy atom. The highest BCUT2D eigenvalue weighted by molar-refractivity contribution is 7.90. The number of sulfone groups is 1. The summed E-state index contributed by atoms with van der Waals surface area (Å²) in [5, 5.41) is 22.3. The molecule has 102 valence electrons. The number of nitro benzene ring substituents is 1. The number of nitriles is 1. The molecule has 0 amide bonds. The van der Waals surface area contributed by atoms with Crippen LogP contribution in [0.3, 0.4) is 0 Å². The second kappa shape index (κ2) is 6.15. The van der Waals surface area contributed by atoms with E-state index in [4.69, 9.17) is 5.26 Å². The number of anilines is 1. The van der Waals surface area contributed by atoms with Crippen LogP contribution in [0.2, 0.25) is 0 Å². The first kappa shape index (κ1) is 14.9. The van der Waals surface area contributed by atoms with Gasteiger partial charge in [0.25, 0.3) is 5.69 Å². The van der Waals surface area contributed by atoms with Crippen molar-refractivity contribution >= 4 is 21.2 Å². The maximum Gasteiger partial charge on any atom is 0.289 e. The third kappa shape index (κ3) is 4.93. The quantitative estimate of drug-likeness (QED) is 0.478. The second-order valence-electron chi connectivity index (χ2n) is 4.01. The van der Waals surface area contributed by atoms with Crippen molar-refractivity contribution in [3.05, 3.63) is 33.9 Å². The number of nitrogens with one attached hydrogen (secondary N) is 1. The zero-order valence-electron chi connectivity index (χ0n) is 10.3. The molecule has 0 aliphatic rings. The molecule has 0 radical (unpaired) electrons. The topological polar surface area (TPSA) is 113 Å². The van der Waals surface area contributed by atoms with Crippen molar-refractivity contribution in [2.75, 3.05) is 23.9 Å². The van der Waals surface area contributed by atoms with Crippen LogP contribution < -0.4 is 5.32 Å². The van der Waals surface area contributed by atoms with Crippen LogP contribution in [0.15, 0.2) is 18.2 Å². The first-order valence-electron chi connectivity index (χ1n) is 5.43. The summed E-state index contributed by atoms with van der Waals surface area (Å²) in [5.74, 6) is 0.0539. The van der Waals surface area contributed by atoms with E-state index in [-0.39, 0.29) is 17.0 Å². The van der Waals surface area contributed by atoms with E-state index in [1.807, 2.05) is 0 Å². The highest BCUT2D eigenvalue weighted by Gasteiger charge is 2.13. The van der Waals surface area contributed by atoms with E-state index in [0.29, 0.717) is 18.7 Å². The highest BCUT2D eigenvalue weighted by atomic mass is 32.2. The van der Waals surface area contributed by atoms with Crippen LogP contribution in [0.25, 0.3) is 0 Å². The summed E-state index contributed by atoms with van der Waals surface area (Å²) in [5.41, 5.74) is 0.210. The molecule has 0 spiro atoms. The van der Waals surface area contributed by atoms with Crippen molar-refractivity contribution in [3.63, 3.8) is 0 Å². The molecule has 0 saturated carbocycles. The summed E-state index contributed by atoms with van der Waals surface area (Å²) < 4.78 is 21.8. The molecule has 0 aliphatic carbocycles. The fourth-order valence-electron chi connectivity index (χ4n) is 1.45. The van der Waals surface area contributed by atoms with Crippen LogP contribution in [0.4, 0.5) is 11.4 Å². The average Bonchev–Trinajstić information content (AvgIpc) is 2.33. The number of nitrogens with zero attached hydrogens (tertiary/aromatic N) is 2. The van der Waals surface area contributed by atoms with E-state index >= 15 is 0 Å². The molecule has 0 aromatic heterocycles. The normalized spacial score (nSPS) is 10.7. The van der Waals surface area contributed by atoms with Gasteiger partial charge in [0.05, 0.1) is 10.7 Å². The van der Waals surface area contributed by atoms with Gasteiger partial charge in [-0.1, -0.05) is 0 Å². The Kier molecular flexibility index (Phi) is 4.83. The molecule has 7 nitrogen and oxygen atoms in total. The van der Waals surface area contributed by atoms with Crippen molar-refractivity contribution in [1.82, 2.24) is 0 Å². The van der Waals surface area contributed by atoms with Crippen molar-refractivity contribution in [3.8, 4) is 6.07 Å². The molecule has 1 N–H and O–H groups in total.